The second-order valence-electron chi connectivity index (χ2n) is 10.1. The number of aromatic nitrogens is 6. The van der Waals surface area contributed by atoms with Crippen molar-refractivity contribution in [2.75, 3.05) is 27.2 Å². The van der Waals surface area contributed by atoms with E-state index in [0.717, 1.165) is 60.0 Å². The Morgan fingerprint density at radius 3 is 2.32 bits per heavy atom. The Kier molecular flexibility index (Phi) is 7.41. The molecule has 9 nitrogen and oxygen atoms in total. The van der Waals surface area contributed by atoms with Crippen molar-refractivity contribution in [3.05, 3.63) is 61.4 Å². The number of likely N-dealkylation sites (N-methyl/N-ethyl adjacent to an activating group) is 1. The van der Waals surface area contributed by atoms with Gasteiger partial charge in [-0.3, -0.25) is 14.2 Å². The Morgan fingerprint density at radius 2 is 1.62 bits per heavy atom. The minimum absolute atomic E-state index is 0.103. The normalized spacial score (nSPS) is 17.7. The molecule has 0 radical (unpaired) electrons. The largest absolute Gasteiger partial charge is 0.355 e. The molecule has 3 aromatic heterocycles. The van der Waals surface area contributed by atoms with E-state index in [1.807, 2.05) is 68.9 Å². The summed E-state index contributed by atoms with van der Waals surface area (Å²) in [5.41, 5.74) is 5.05. The van der Waals surface area contributed by atoms with Crippen LogP contribution in [0.2, 0.25) is 0 Å². The number of carbonyl (C=O) groups excluding carboxylic acids is 1. The summed E-state index contributed by atoms with van der Waals surface area (Å²) in [5, 5.41) is 12.0. The molecule has 37 heavy (non-hydrogen) atoms. The van der Waals surface area contributed by atoms with Crippen LogP contribution in [0.25, 0.3) is 33.6 Å². The standard InChI is InChI=1S/C28H34N8O/c1-34(2)12-11-29-28(37)20-7-9-26(10-8-20)36-19-25(17-33-36)23-14-30-27(31-15-23)22-6-4-5-21(13-22)24-16-32-35(3)18-24/h4-6,13-20,26H,7-12H2,1-3H3,(H,29,37). The lowest BCUT2D eigenvalue weighted by Crippen LogP contribution is -2.37. The molecule has 0 unspecified atom stereocenters. The topological polar surface area (TPSA) is 93.8 Å². The van der Waals surface area contributed by atoms with Crippen molar-refractivity contribution in [3.63, 3.8) is 0 Å². The van der Waals surface area contributed by atoms with Gasteiger partial charge in [-0.25, -0.2) is 9.97 Å². The highest BCUT2D eigenvalue weighted by Crippen LogP contribution is 2.33. The van der Waals surface area contributed by atoms with Crippen LogP contribution in [0.4, 0.5) is 0 Å². The second kappa shape index (κ2) is 11.0. The fraction of sp³-hybridized carbons (Fsp3) is 0.393. The summed E-state index contributed by atoms with van der Waals surface area (Å²) in [6.45, 7) is 1.56. The average molecular weight is 499 g/mol. The maximum atomic E-state index is 12.5. The predicted octanol–water partition coefficient (Wildman–Crippen LogP) is 3.82. The van der Waals surface area contributed by atoms with Crippen LogP contribution in [-0.2, 0) is 11.8 Å². The van der Waals surface area contributed by atoms with Gasteiger partial charge in [0.15, 0.2) is 5.82 Å². The third-order valence-electron chi connectivity index (χ3n) is 7.05. The molecular weight excluding hydrogens is 464 g/mol. The van der Waals surface area contributed by atoms with Crippen LogP contribution in [-0.4, -0.2) is 67.5 Å². The summed E-state index contributed by atoms with van der Waals surface area (Å²) in [7, 11) is 5.94. The van der Waals surface area contributed by atoms with E-state index in [4.69, 9.17) is 0 Å². The average Bonchev–Trinajstić information content (AvgIpc) is 3.58. The van der Waals surface area contributed by atoms with E-state index in [2.05, 4.69) is 48.7 Å². The van der Waals surface area contributed by atoms with Crippen molar-refractivity contribution < 1.29 is 4.79 Å². The zero-order valence-corrected chi connectivity index (χ0v) is 21.7. The van der Waals surface area contributed by atoms with Crippen molar-refractivity contribution in [2.24, 2.45) is 13.0 Å². The van der Waals surface area contributed by atoms with E-state index in [0.29, 0.717) is 18.4 Å². The van der Waals surface area contributed by atoms with Crippen LogP contribution >= 0.6 is 0 Å². The first-order chi connectivity index (χ1) is 18.0. The highest BCUT2D eigenvalue weighted by atomic mass is 16.1. The van der Waals surface area contributed by atoms with E-state index in [9.17, 15) is 4.79 Å². The minimum Gasteiger partial charge on any atom is -0.355 e. The lowest BCUT2D eigenvalue weighted by Gasteiger charge is -2.28. The molecule has 0 atom stereocenters. The summed E-state index contributed by atoms with van der Waals surface area (Å²) >= 11 is 0. The Balaban J connectivity index is 1.20. The number of nitrogens with zero attached hydrogens (tertiary/aromatic N) is 7. The van der Waals surface area contributed by atoms with Crippen molar-refractivity contribution in [2.45, 2.75) is 31.7 Å². The fourth-order valence-corrected chi connectivity index (χ4v) is 4.87. The van der Waals surface area contributed by atoms with Gasteiger partial charge in [0, 0.05) is 73.1 Å². The molecule has 1 N–H and O–H groups in total. The molecule has 0 saturated heterocycles. The molecule has 1 saturated carbocycles. The highest BCUT2D eigenvalue weighted by molar-refractivity contribution is 5.78. The van der Waals surface area contributed by atoms with Crippen LogP contribution in [0.15, 0.2) is 61.4 Å². The third-order valence-corrected chi connectivity index (χ3v) is 7.05. The van der Waals surface area contributed by atoms with Crippen LogP contribution in [0.1, 0.15) is 31.7 Å². The number of hydrogen-bond donors (Lipinski definition) is 1. The summed E-state index contributed by atoms with van der Waals surface area (Å²) in [6, 6.07) is 8.50. The number of hydrogen-bond acceptors (Lipinski definition) is 6. The van der Waals surface area contributed by atoms with Crippen molar-refractivity contribution in [1.82, 2.24) is 39.7 Å². The molecule has 1 aromatic carbocycles. The second-order valence-corrected chi connectivity index (χ2v) is 10.1. The van der Waals surface area contributed by atoms with Gasteiger partial charge < -0.3 is 10.2 Å². The van der Waals surface area contributed by atoms with E-state index in [1.165, 1.54) is 0 Å². The van der Waals surface area contributed by atoms with Gasteiger partial charge in [0.25, 0.3) is 0 Å². The monoisotopic (exact) mass is 498 g/mol. The van der Waals surface area contributed by atoms with Gasteiger partial charge in [-0.05, 0) is 51.4 Å². The van der Waals surface area contributed by atoms with Crippen molar-refractivity contribution in [3.8, 4) is 33.6 Å². The van der Waals surface area contributed by atoms with E-state index >= 15 is 0 Å². The molecule has 1 amide bonds. The number of benzene rings is 1. The summed E-state index contributed by atoms with van der Waals surface area (Å²) in [5.74, 6) is 0.972. The van der Waals surface area contributed by atoms with E-state index in [1.54, 1.807) is 4.68 Å². The van der Waals surface area contributed by atoms with Crippen molar-refractivity contribution in [1.29, 1.82) is 0 Å². The van der Waals surface area contributed by atoms with Gasteiger partial charge in [-0.2, -0.15) is 10.2 Å². The Labute approximate surface area is 217 Å². The smallest absolute Gasteiger partial charge is 0.223 e. The Bertz CT molecular complexity index is 1330. The van der Waals surface area contributed by atoms with Gasteiger partial charge in [-0.1, -0.05) is 18.2 Å². The van der Waals surface area contributed by atoms with Crippen LogP contribution < -0.4 is 5.32 Å². The Hall–Kier alpha value is -3.85. The molecule has 0 aliphatic heterocycles. The number of carbonyl (C=O) groups is 1. The molecule has 0 bridgehead atoms. The van der Waals surface area contributed by atoms with E-state index < -0.39 is 0 Å². The van der Waals surface area contributed by atoms with E-state index in [-0.39, 0.29) is 11.8 Å². The number of nitrogens with one attached hydrogen (secondary N) is 1. The third kappa shape index (κ3) is 5.94. The molecule has 192 valence electrons. The first kappa shape index (κ1) is 24.8. The summed E-state index contributed by atoms with van der Waals surface area (Å²) in [4.78, 5) is 23.8. The highest BCUT2D eigenvalue weighted by Gasteiger charge is 2.27. The lowest BCUT2D eigenvalue weighted by molar-refractivity contribution is -0.126. The van der Waals surface area contributed by atoms with Crippen LogP contribution in [0.5, 0.6) is 0 Å². The molecule has 3 heterocycles. The number of aryl methyl sites for hydroxylation is 1. The first-order valence-corrected chi connectivity index (χ1v) is 12.8. The van der Waals surface area contributed by atoms with Gasteiger partial charge in [0.2, 0.25) is 5.91 Å². The van der Waals surface area contributed by atoms with Crippen molar-refractivity contribution >= 4 is 5.91 Å². The number of amides is 1. The maximum absolute atomic E-state index is 12.5. The lowest BCUT2D eigenvalue weighted by atomic mass is 9.85. The van der Waals surface area contributed by atoms with Gasteiger partial charge in [-0.15, -0.1) is 0 Å². The van der Waals surface area contributed by atoms with Gasteiger partial charge in [0.1, 0.15) is 0 Å². The molecule has 1 aliphatic rings. The summed E-state index contributed by atoms with van der Waals surface area (Å²) < 4.78 is 3.84. The molecule has 0 spiro atoms. The molecule has 5 rings (SSSR count). The molecule has 9 heteroatoms. The number of rotatable bonds is 8. The molecule has 1 aliphatic carbocycles. The van der Waals surface area contributed by atoms with Crippen LogP contribution in [0.3, 0.4) is 0 Å². The van der Waals surface area contributed by atoms with Gasteiger partial charge >= 0.3 is 0 Å². The molecular formula is C28H34N8O. The summed E-state index contributed by atoms with van der Waals surface area (Å²) in [6.07, 6.45) is 15.2. The quantitative estimate of drug-likeness (QED) is 0.397. The SMILES string of the molecule is CN(C)CCNC(=O)C1CCC(n2cc(-c3cnc(-c4cccc(-c5cnn(C)c5)c4)nc3)cn2)CC1. The molecule has 1 fully saturated rings. The zero-order chi connectivity index (χ0) is 25.8. The first-order valence-electron chi connectivity index (χ1n) is 12.8. The maximum Gasteiger partial charge on any atom is 0.223 e. The van der Waals surface area contributed by atoms with Crippen LogP contribution in [0, 0.1) is 5.92 Å². The zero-order valence-electron chi connectivity index (χ0n) is 21.7. The van der Waals surface area contributed by atoms with Gasteiger partial charge in [0.05, 0.1) is 18.4 Å². The molecule has 4 aromatic rings. The predicted molar refractivity (Wildman–Crippen MR) is 143 cm³/mol. The fourth-order valence-electron chi connectivity index (χ4n) is 4.87. The Morgan fingerprint density at radius 1 is 0.919 bits per heavy atom. The minimum atomic E-state index is 0.103.